The Morgan fingerprint density at radius 1 is 1.06 bits per heavy atom. The molecular formula is C27H36N4O2S. The largest absolute Gasteiger partial charge is 0.495 e. The second-order valence-corrected chi connectivity index (χ2v) is 7.96. The maximum Gasteiger partial charge on any atom is 0.256 e. The molecule has 0 aromatic heterocycles. The Morgan fingerprint density at radius 3 is 2.29 bits per heavy atom. The van der Waals surface area contributed by atoms with Crippen LogP contribution in [0, 0.1) is 0 Å². The molecule has 6 nitrogen and oxygen atoms in total. The van der Waals surface area contributed by atoms with Gasteiger partial charge < -0.3 is 15.4 Å². The van der Waals surface area contributed by atoms with Crippen LogP contribution in [-0.4, -0.2) is 30.1 Å². The van der Waals surface area contributed by atoms with Crippen molar-refractivity contribution in [2.75, 3.05) is 12.4 Å². The van der Waals surface area contributed by atoms with Gasteiger partial charge in [0.15, 0.2) is 5.17 Å². The fourth-order valence-electron chi connectivity index (χ4n) is 2.80. The molecule has 1 amide bonds. The van der Waals surface area contributed by atoms with E-state index in [1.54, 1.807) is 31.6 Å². The molecule has 0 fully saturated rings. The van der Waals surface area contributed by atoms with Crippen molar-refractivity contribution in [2.45, 2.75) is 47.6 Å². The summed E-state index contributed by atoms with van der Waals surface area (Å²) in [6, 6.07) is 16.6. The first-order chi connectivity index (χ1) is 16.3. The van der Waals surface area contributed by atoms with Crippen molar-refractivity contribution in [1.82, 2.24) is 5.32 Å². The molecule has 0 radical (unpaired) electrons. The van der Waals surface area contributed by atoms with Crippen LogP contribution in [0.15, 0.2) is 87.8 Å². The highest BCUT2D eigenvalue weighted by molar-refractivity contribution is 8.16. The van der Waals surface area contributed by atoms with Crippen LogP contribution < -0.4 is 15.4 Å². The van der Waals surface area contributed by atoms with Crippen molar-refractivity contribution in [2.24, 2.45) is 9.98 Å². The SMILES string of the molecule is C=CSC(=NC(C)/C(C)=C(\C)N=C(C)NC(=O)c1ccccc1)Nc1ccccc1OC.CC. The van der Waals surface area contributed by atoms with Gasteiger partial charge in [0, 0.05) is 11.3 Å². The molecule has 2 rings (SSSR count). The van der Waals surface area contributed by atoms with Crippen LogP contribution in [-0.2, 0) is 0 Å². The van der Waals surface area contributed by atoms with Gasteiger partial charge in [-0.3, -0.25) is 9.79 Å². The van der Waals surface area contributed by atoms with Crippen LogP contribution in [0.25, 0.3) is 0 Å². The number of benzene rings is 2. The normalized spacial score (nSPS) is 13.0. The van der Waals surface area contributed by atoms with Gasteiger partial charge in [0.25, 0.3) is 5.91 Å². The number of hydrogen-bond donors (Lipinski definition) is 2. The number of nitrogens with zero attached hydrogens (tertiary/aromatic N) is 2. The minimum atomic E-state index is -0.186. The Morgan fingerprint density at radius 2 is 1.68 bits per heavy atom. The quantitative estimate of drug-likeness (QED) is 0.334. The first-order valence-corrected chi connectivity index (χ1v) is 12.1. The van der Waals surface area contributed by atoms with Gasteiger partial charge in [0.05, 0.1) is 18.8 Å². The highest BCUT2D eigenvalue weighted by atomic mass is 32.2. The lowest BCUT2D eigenvalue weighted by Crippen LogP contribution is -2.28. The lowest BCUT2D eigenvalue weighted by atomic mass is 10.1. The van der Waals surface area contributed by atoms with Crippen molar-refractivity contribution in [1.29, 1.82) is 0 Å². The molecule has 0 aliphatic heterocycles. The minimum Gasteiger partial charge on any atom is -0.495 e. The minimum absolute atomic E-state index is 0.138. The van der Waals surface area contributed by atoms with Crippen molar-refractivity contribution in [3.8, 4) is 5.75 Å². The monoisotopic (exact) mass is 480 g/mol. The summed E-state index contributed by atoms with van der Waals surface area (Å²) in [6.07, 6.45) is 0. The lowest BCUT2D eigenvalue weighted by molar-refractivity contribution is 0.0977. The number of nitrogens with one attached hydrogen (secondary N) is 2. The Hall–Kier alpha value is -3.32. The van der Waals surface area contributed by atoms with Crippen LogP contribution in [0.3, 0.4) is 0 Å². The van der Waals surface area contributed by atoms with Gasteiger partial charge in [0.1, 0.15) is 11.6 Å². The molecule has 7 heteroatoms. The van der Waals surface area contributed by atoms with Gasteiger partial charge in [-0.1, -0.05) is 62.5 Å². The number of para-hydroxylation sites is 2. The summed E-state index contributed by atoms with van der Waals surface area (Å²) in [7, 11) is 1.63. The predicted molar refractivity (Wildman–Crippen MR) is 148 cm³/mol. The van der Waals surface area contributed by atoms with Gasteiger partial charge in [-0.25, -0.2) is 4.99 Å². The molecule has 0 heterocycles. The number of ether oxygens (including phenoxy) is 1. The van der Waals surface area contributed by atoms with E-state index in [0.717, 1.165) is 22.7 Å². The Bertz CT molecular complexity index is 1030. The summed E-state index contributed by atoms with van der Waals surface area (Å²) in [6.45, 7) is 15.5. The third-order valence-electron chi connectivity index (χ3n) is 4.72. The Balaban J connectivity index is 0.00000281. The van der Waals surface area contributed by atoms with E-state index in [1.807, 2.05) is 77.1 Å². The molecule has 0 aliphatic carbocycles. The van der Waals surface area contributed by atoms with Gasteiger partial charge in [-0.2, -0.15) is 0 Å². The molecule has 1 atom stereocenters. The highest BCUT2D eigenvalue weighted by Crippen LogP contribution is 2.25. The van der Waals surface area contributed by atoms with Crippen LogP contribution in [0.4, 0.5) is 5.69 Å². The molecule has 1 unspecified atom stereocenters. The number of anilines is 1. The fraction of sp³-hybridized carbons (Fsp3) is 0.296. The Kier molecular flexibility index (Phi) is 13.1. The van der Waals surface area contributed by atoms with E-state index in [1.165, 1.54) is 11.8 Å². The van der Waals surface area contributed by atoms with E-state index < -0.39 is 0 Å². The number of methoxy groups -OCH3 is 1. The summed E-state index contributed by atoms with van der Waals surface area (Å²) in [4.78, 5) is 21.7. The number of allylic oxidation sites excluding steroid dienone is 1. The maximum atomic E-state index is 12.3. The standard InChI is InChI=1S/C25H30N4O2S.C2H6/c1-7-32-25(29-22-15-11-12-16-23(22)31-6)27-19(4)17(2)18(3)26-20(5)28-24(30)21-13-9-8-10-14-21;1-2/h7-16,19H,1H2,2-6H3,(H,27,29)(H,26,28,30);1-2H3/b18-17+;. The lowest BCUT2D eigenvalue weighted by Gasteiger charge is -2.15. The van der Waals surface area contributed by atoms with Crippen molar-refractivity contribution in [3.63, 3.8) is 0 Å². The smallest absolute Gasteiger partial charge is 0.256 e. The third kappa shape index (κ3) is 9.27. The van der Waals surface area contributed by atoms with Crippen molar-refractivity contribution < 1.29 is 9.53 Å². The molecular weight excluding hydrogens is 444 g/mol. The van der Waals surface area contributed by atoms with E-state index >= 15 is 0 Å². The number of carbonyl (C=O) groups is 1. The average Bonchev–Trinajstić information content (AvgIpc) is 2.85. The zero-order valence-electron chi connectivity index (χ0n) is 21.2. The van der Waals surface area contributed by atoms with Crippen LogP contribution in [0.1, 0.15) is 51.9 Å². The number of amidine groups is 2. The van der Waals surface area contributed by atoms with Gasteiger partial charge >= 0.3 is 0 Å². The van der Waals surface area contributed by atoms with Crippen molar-refractivity contribution >= 4 is 34.4 Å². The average molecular weight is 481 g/mol. The van der Waals surface area contributed by atoms with E-state index in [4.69, 9.17) is 9.73 Å². The third-order valence-corrected chi connectivity index (χ3v) is 5.32. The second-order valence-electron chi connectivity index (χ2n) is 7.01. The summed E-state index contributed by atoms with van der Waals surface area (Å²) in [5, 5.41) is 8.56. The van der Waals surface area contributed by atoms with E-state index in [-0.39, 0.29) is 11.9 Å². The van der Waals surface area contributed by atoms with Crippen LogP contribution in [0.5, 0.6) is 5.75 Å². The molecule has 182 valence electrons. The van der Waals surface area contributed by atoms with Crippen LogP contribution >= 0.6 is 11.8 Å². The van der Waals surface area contributed by atoms with Crippen LogP contribution in [0.2, 0.25) is 0 Å². The van der Waals surface area contributed by atoms with E-state index in [9.17, 15) is 4.79 Å². The first-order valence-electron chi connectivity index (χ1n) is 11.2. The molecule has 0 bridgehead atoms. The van der Waals surface area contributed by atoms with Gasteiger partial charge in [0.2, 0.25) is 0 Å². The molecule has 0 aliphatic rings. The first kappa shape index (κ1) is 28.7. The second kappa shape index (κ2) is 15.5. The topological polar surface area (TPSA) is 75.1 Å². The zero-order chi connectivity index (χ0) is 25.5. The molecule has 0 saturated heterocycles. The summed E-state index contributed by atoms with van der Waals surface area (Å²) in [5.74, 6) is 1.07. The molecule has 0 saturated carbocycles. The molecule has 2 aromatic carbocycles. The number of amides is 1. The van der Waals surface area contributed by atoms with E-state index in [2.05, 4.69) is 22.2 Å². The number of hydrogen-bond acceptors (Lipinski definition) is 5. The van der Waals surface area contributed by atoms with Gasteiger partial charge in [-0.15, -0.1) is 0 Å². The molecule has 0 spiro atoms. The molecule has 34 heavy (non-hydrogen) atoms. The summed E-state index contributed by atoms with van der Waals surface area (Å²) >= 11 is 1.40. The van der Waals surface area contributed by atoms with Crippen molar-refractivity contribution in [3.05, 3.63) is 83.4 Å². The number of carbonyl (C=O) groups excluding carboxylic acids is 1. The van der Waals surface area contributed by atoms with E-state index in [0.29, 0.717) is 16.6 Å². The highest BCUT2D eigenvalue weighted by Gasteiger charge is 2.11. The number of thioether (sulfide) groups is 1. The molecule has 2 aromatic rings. The maximum absolute atomic E-state index is 12.3. The zero-order valence-corrected chi connectivity index (χ0v) is 22.0. The number of rotatable bonds is 7. The fourth-order valence-corrected chi connectivity index (χ4v) is 3.35. The van der Waals surface area contributed by atoms with Gasteiger partial charge in [-0.05, 0) is 62.9 Å². The summed E-state index contributed by atoms with van der Waals surface area (Å²) in [5.41, 5.74) is 3.20. The number of aliphatic imine (C=N–C) groups is 2. The summed E-state index contributed by atoms with van der Waals surface area (Å²) < 4.78 is 5.41. The predicted octanol–water partition coefficient (Wildman–Crippen LogP) is 6.90. The Labute approximate surface area is 208 Å². The molecule has 2 N–H and O–H groups in total.